The van der Waals surface area contributed by atoms with Gasteiger partial charge in [-0.3, -0.25) is 0 Å². The zero-order valence-electron chi connectivity index (χ0n) is 9.12. The molecule has 3 rings (SSSR count). The van der Waals surface area contributed by atoms with Gasteiger partial charge in [-0.25, -0.2) is 4.39 Å². The molecule has 0 spiro atoms. The molecule has 2 aromatic rings. The Bertz CT molecular complexity index is 526. The van der Waals surface area contributed by atoms with E-state index in [0.29, 0.717) is 12.6 Å². The van der Waals surface area contributed by atoms with E-state index in [4.69, 9.17) is 5.73 Å². The summed E-state index contributed by atoms with van der Waals surface area (Å²) in [5, 5.41) is 1.12. The fourth-order valence-electron chi connectivity index (χ4n) is 2.36. The van der Waals surface area contributed by atoms with Crippen LogP contribution >= 0.6 is 0 Å². The van der Waals surface area contributed by atoms with E-state index in [0.717, 1.165) is 17.3 Å². The molecule has 0 unspecified atom stereocenters. The van der Waals surface area contributed by atoms with Gasteiger partial charge in [0.1, 0.15) is 5.82 Å². The minimum Gasteiger partial charge on any atom is -0.341 e. The van der Waals surface area contributed by atoms with Crippen molar-refractivity contribution in [1.82, 2.24) is 4.57 Å². The van der Waals surface area contributed by atoms with Gasteiger partial charge in [0.25, 0.3) is 0 Å². The molecule has 1 aliphatic carbocycles. The summed E-state index contributed by atoms with van der Waals surface area (Å²) in [4.78, 5) is 0. The Kier molecular flexibility index (Phi) is 2.21. The third-order valence-electron chi connectivity index (χ3n) is 3.20. The van der Waals surface area contributed by atoms with Crippen LogP contribution in [0.3, 0.4) is 0 Å². The molecule has 2 N–H and O–H groups in total. The van der Waals surface area contributed by atoms with Gasteiger partial charge in [0.2, 0.25) is 0 Å². The van der Waals surface area contributed by atoms with Gasteiger partial charge in [-0.2, -0.15) is 0 Å². The smallest absolute Gasteiger partial charge is 0.125 e. The lowest BCUT2D eigenvalue weighted by atomic mass is 10.2. The molecule has 1 saturated carbocycles. The van der Waals surface area contributed by atoms with Crippen LogP contribution in [0.25, 0.3) is 10.9 Å². The SMILES string of the molecule is NCCc1cc2ccc(F)cc2n1C1CC1. The zero-order valence-corrected chi connectivity index (χ0v) is 9.12. The summed E-state index contributed by atoms with van der Waals surface area (Å²) in [6.07, 6.45) is 3.28. The molecular formula is C13H15FN2. The molecular weight excluding hydrogens is 203 g/mol. The molecule has 1 heterocycles. The van der Waals surface area contributed by atoms with Crippen LogP contribution in [0.5, 0.6) is 0 Å². The fourth-order valence-corrected chi connectivity index (χ4v) is 2.36. The Balaban J connectivity index is 2.21. The molecule has 0 bridgehead atoms. The van der Waals surface area contributed by atoms with Crippen molar-refractivity contribution in [2.45, 2.75) is 25.3 Å². The molecule has 0 amide bonds. The number of fused-ring (bicyclic) bond motifs is 1. The molecule has 84 valence electrons. The van der Waals surface area contributed by atoms with Crippen LogP contribution in [0.2, 0.25) is 0 Å². The lowest BCUT2D eigenvalue weighted by molar-refractivity contribution is 0.627. The monoisotopic (exact) mass is 218 g/mol. The highest BCUT2D eigenvalue weighted by Crippen LogP contribution is 2.39. The van der Waals surface area contributed by atoms with Crippen LogP contribution in [0.4, 0.5) is 4.39 Å². The van der Waals surface area contributed by atoms with Crippen molar-refractivity contribution in [2.75, 3.05) is 6.54 Å². The average molecular weight is 218 g/mol. The summed E-state index contributed by atoms with van der Waals surface area (Å²) in [5.41, 5.74) is 7.88. The Labute approximate surface area is 93.9 Å². The summed E-state index contributed by atoms with van der Waals surface area (Å²) < 4.78 is 15.5. The maximum atomic E-state index is 13.3. The van der Waals surface area contributed by atoms with Gasteiger partial charge in [0.15, 0.2) is 0 Å². The van der Waals surface area contributed by atoms with E-state index in [1.807, 2.05) is 6.07 Å². The highest BCUT2D eigenvalue weighted by atomic mass is 19.1. The number of aromatic nitrogens is 1. The summed E-state index contributed by atoms with van der Waals surface area (Å²) in [6.45, 7) is 0.644. The predicted molar refractivity (Wildman–Crippen MR) is 62.9 cm³/mol. The highest BCUT2D eigenvalue weighted by molar-refractivity contribution is 5.81. The molecule has 0 saturated heterocycles. The third kappa shape index (κ3) is 1.52. The molecule has 1 aromatic carbocycles. The molecule has 1 aliphatic rings. The van der Waals surface area contributed by atoms with Gasteiger partial charge >= 0.3 is 0 Å². The number of rotatable bonds is 3. The Morgan fingerprint density at radius 2 is 2.12 bits per heavy atom. The lowest BCUT2D eigenvalue weighted by Gasteiger charge is -2.08. The predicted octanol–water partition coefficient (Wildman–Crippen LogP) is 2.62. The first-order chi connectivity index (χ1) is 7.79. The second-order valence-electron chi connectivity index (χ2n) is 4.48. The van der Waals surface area contributed by atoms with Gasteiger partial charge in [-0.15, -0.1) is 0 Å². The summed E-state index contributed by atoms with van der Waals surface area (Å²) >= 11 is 0. The van der Waals surface area contributed by atoms with E-state index in [1.54, 1.807) is 6.07 Å². The molecule has 0 aliphatic heterocycles. The van der Waals surface area contributed by atoms with Crippen LogP contribution in [0.1, 0.15) is 24.6 Å². The number of benzene rings is 1. The normalized spacial score (nSPS) is 15.9. The molecule has 0 radical (unpaired) electrons. The van der Waals surface area contributed by atoms with Crippen LogP contribution in [-0.4, -0.2) is 11.1 Å². The van der Waals surface area contributed by atoms with Crippen LogP contribution in [0.15, 0.2) is 24.3 Å². The first-order valence-electron chi connectivity index (χ1n) is 5.79. The Morgan fingerprint density at radius 1 is 1.31 bits per heavy atom. The molecule has 1 aromatic heterocycles. The van der Waals surface area contributed by atoms with Gasteiger partial charge in [-0.05, 0) is 50.1 Å². The van der Waals surface area contributed by atoms with Gasteiger partial charge < -0.3 is 10.3 Å². The quantitative estimate of drug-likeness (QED) is 0.843. The van der Waals surface area contributed by atoms with E-state index in [2.05, 4.69) is 10.6 Å². The van der Waals surface area contributed by atoms with Crippen molar-refractivity contribution in [3.63, 3.8) is 0 Å². The van der Waals surface area contributed by atoms with Gasteiger partial charge in [0, 0.05) is 17.1 Å². The van der Waals surface area contributed by atoms with Gasteiger partial charge in [-0.1, -0.05) is 0 Å². The minimum atomic E-state index is -0.160. The highest BCUT2D eigenvalue weighted by Gasteiger charge is 2.26. The van der Waals surface area contributed by atoms with E-state index >= 15 is 0 Å². The number of hydrogen-bond donors (Lipinski definition) is 1. The van der Waals surface area contributed by atoms with Gasteiger partial charge in [0.05, 0.1) is 5.52 Å². The van der Waals surface area contributed by atoms with E-state index in [1.165, 1.54) is 24.6 Å². The van der Waals surface area contributed by atoms with Crippen molar-refractivity contribution < 1.29 is 4.39 Å². The lowest BCUT2D eigenvalue weighted by Crippen LogP contribution is -2.08. The summed E-state index contributed by atoms with van der Waals surface area (Å²) in [7, 11) is 0. The van der Waals surface area contributed by atoms with Crippen molar-refractivity contribution in [3.05, 3.63) is 35.8 Å². The largest absolute Gasteiger partial charge is 0.341 e. The topological polar surface area (TPSA) is 30.9 Å². The Hall–Kier alpha value is -1.35. The van der Waals surface area contributed by atoms with Crippen molar-refractivity contribution in [3.8, 4) is 0 Å². The van der Waals surface area contributed by atoms with Crippen LogP contribution in [0, 0.1) is 5.82 Å². The summed E-state index contributed by atoms with van der Waals surface area (Å²) in [6, 6.07) is 7.71. The minimum absolute atomic E-state index is 0.160. The number of halogens is 1. The van der Waals surface area contributed by atoms with E-state index < -0.39 is 0 Å². The molecule has 16 heavy (non-hydrogen) atoms. The molecule has 2 nitrogen and oxygen atoms in total. The van der Waals surface area contributed by atoms with E-state index in [9.17, 15) is 4.39 Å². The fraction of sp³-hybridized carbons (Fsp3) is 0.385. The molecule has 0 atom stereocenters. The Morgan fingerprint density at radius 3 is 2.81 bits per heavy atom. The zero-order chi connectivity index (χ0) is 11.1. The van der Waals surface area contributed by atoms with E-state index in [-0.39, 0.29) is 5.82 Å². The number of nitrogens with two attached hydrogens (primary N) is 1. The molecule has 3 heteroatoms. The first kappa shape index (κ1) is 9.85. The average Bonchev–Trinajstić information content (AvgIpc) is 3.02. The van der Waals surface area contributed by atoms with Crippen LogP contribution < -0.4 is 5.73 Å². The third-order valence-corrected chi connectivity index (χ3v) is 3.20. The summed E-state index contributed by atoms with van der Waals surface area (Å²) in [5.74, 6) is -0.160. The van der Waals surface area contributed by atoms with Crippen molar-refractivity contribution >= 4 is 10.9 Å². The number of nitrogens with zero attached hydrogens (tertiary/aromatic N) is 1. The van der Waals surface area contributed by atoms with Crippen LogP contribution in [-0.2, 0) is 6.42 Å². The maximum absolute atomic E-state index is 13.3. The standard InChI is InChI=1S/C13H15FN2/c14-10-2-1-9-7-12(5-6-15)16(11-3-4-11)13(9)8-10/h1-2,7-8,11H,3-6,15H2. The first-order valence-corrected chi connectivity index (χ1v) is 5.79. The molecule has 1 fully saturated rings. The van der Waals surface area contributed by atoms with Crippen molar-refractivity contribution in [1.29, 1.82) is 0 Å². The van der Waals surface area contributed by atoms with Crippen molar-refractivity contribution in [2.24, 2.45) is 5.73 Å². The second kappa shape index (κ2) is 3.59. The number of hydrogen-bond acceptors (Lipinski definition) is 1. The second-order valence-corrected chi connectivity index (χ2v) is 4.48. The maximum Gasteiger partial charge on any atom is 0.125 e.